The molecule has 9 unspecified atom stereocenters. The molecule has 5 aliphatic carbocycles. The summed E-state index contributed by atoms with van der Waals surface area (Å²) < 4.78 is 5.29. The van der Waals surface area contributed by atoms with Gasteiger partial charge in [-0.3, -0.25) is 24.6 Å². The Balaban J connectivity index is 1.39. The molecule has 4 fully saturated rings. The third-order valence-corrected chi connectivity index (χ3v) is 11.4. The predicted molar refractivity (Wildman–Crippen MR) is 132 cm³/mol. The van der Waals surface area contributed by atoms with Gasteiger partial charge in [-0.25, -0.2) is 0 Å². The minimum absolute atomic E-state index is 0.00156. The number of carbonyl (C=O) groups excluding carboxylic acids is 4. The molecule has 36 heavy (non-hydrogen) atoms. The van der Waals surface area contributed by atoms with Crippen LogP contribution in [0.2, 0.25) is 0 Å². The zero-order valence-electron chi connectivity index (χ0n) is 22.1. The Morgan fingerprint density at radius 3 is 2.53 bits per heavy atom. The molecule has 2 aliphatic heterocycles. The first-order chi connectivity index (χ1) is 16.9. The maximum absolute atomic E-state index is 14.0. The lowest BCUT2D eigenvalue weighted by atomic mass is 9.34. The van der Waals surface area contributed by atoms with Crippen LogP contribution in [0.1, 0.15) is 79.6 Å². The van der Waals surface area contributed by atoms with Gasteiger partial charge in [0, 0.05) is 17.3 Å². The molecule has 0 aromatic carbocycles. The zero-order valence-corrected chi connectivity index (χ0v) is 22.1. The number of fused-ring (bicyclic) bond motifs is 1. The van der Waals surface area contributed by atoms with E-state index in [0.717, 1.165) is 38.5 Å². The number of hydrogen-bond donors (Lipinski definition) is 1. The second-order valence-corrected chi connectivity index (χ2v) is 13.3. The summed E-state index contributed by atoms with van der Waals surface area (Å²) in [4.78, 5) is 51.9. The average Bonchev–Trinajstić information content (AvgIpc) is 3.44. The summed E-state index contributed by atoms with van der Waals surface area (Å²) in [5.41, 5.74) is 3.64. The molecule has 194 valence electrons. The van der Waals surface area contributed by atoms with Crippen molar-refractivity contribution in [3.63, 3.8) is 0 Å². The Labute approximate surface area is 212 Å². The van der Waals surface area contributed by atoms with Crippen LogP contribution in [0.3, 0.4) is 0 Å². The molecule has 2 bridgehead atoms. The van der Waals surface area contributed by atoms with Gasteiger partial charge in [0.15, 0.2) is 11.6 Å². The molecule has 7 heteroatoms. The minimum atomic E-state index is -0.548. The third-order valence-electron chi connectivity index (χ3n) is 11.4. The Bertz CT molecular complexity index is 1140. The number of cyclic esters (lactones) is 2. The number of allylic oxidation sites excluding steroid dienone is 2. The van der Waals surface area contributed by atoms with Crippen molar-refractivity contribution in [1.82, 2.24) is 5.43 Å². The molecular formula is C29H38N2O5. The Morgan fingerprint density at radius 2 is 1.86 bits per heavy atom. The number of nitrogens with one attached hydrogen (secondary N) is 1. The highest BCUT2D eigenvalue weighted by Crippen LogP contribution is 2.74. The van der Waals surface area contributed by atoms with Gasteiger partial charge in [-0.2, -0.15) is 5.10 Å². The molecule has 0 aromatic rings. The lowest BCUT2D eigenvalue weighted by Crippen LogP contribution is -2.65. The van der Waals surface area contributed by atoms with Crippen LogP contribution in [0.5, 0.6) is 0 Å². The third kappa shape index (κ3) is 2.89. The molecule has 7 aliphatic rings. The summed E-state index contributed by atoms with van der Waals surface area (Å²) in [5, 5.41) is 4.32. The molecular weight excluding hydrogens is 456 g/mol. The van der Waals surface area contributed by atoms with Crippen molar-refractivity contribution in [2.24, 2.45) is 56.9 Å². The number of ketones is 2. The van der Waals surface area contributed by atoms with Crippen LogP contribution >= 0.6 is 0 Å². The van der Waals surface area contributed by atoms with Crippen molar-refractivity contribution in [2.75, 3.05) is 0 Å². The lowest BCUT2D eigenvalue weighted by molar-refractivity contribution is -0.184. The number of hydrogen-bond acceptors (Lipinski definition) is 7. The number of Topliss-reactive ketones (excluding diaryl/α,β-unsaturated/α-hetero) is 2. The molecule has 9 atom stereocenters. The second kappa shape index (κ2) is 7.61. The predicted octanol–water partition coefficient (Wildman–Crippen LogP) is 4.00. The zero-order chi connectivity index (χ0) is 25.8. The summed E-state index contributed by atoms with van der Waals surface area (Å²) in [6.07, 6.45) is 8.07. The van der Waals surface area contributed by atoms with E-state index in [0.29, 0.717) is 18.1 Å². The van der Waals surface area contributed by atoms with E-state index in [1.54, 1.807) is 0 Å². The molecule has 0 amide bonds. The normalized spacial score (nSPS) is 46.8. The van der Waals surface area contributed by atoms with E-state index in [2.05, 4.69) is 44.3 Å². The fourth-order valence-electron chi connectivity index (χ4n) is 9.92. The summed E-state index contributed by atoms with van der Waals surface area (Å²) in [6, 6.07) is -0.409. The van der Waals surface area contributed by atoms with Gasteiger partial charge in [0.2, 0.25) is 0 Å². The van der Waals surface area contributed by atoms with Crippen molar-refractivity contribution >= 4 is 29.2 Å². The molecule has 2 heterocycles. The number of carbonyl (C=O) groups is 4. The molecule has 0 radical (unpaired) electrons. The van der Waals surface area contributed by atoms with Gasteiger partial charge in [-0.15, -0.1) is 0 Å². The monoisotopic (exact) mass is 494 g/mol. The van der Waals surface area contributed by atoms with Crippen LogP contribution in [0, 0.1) is 51.8 Å². The highest BCUT2D eigenvalue weighted by molar-refractivity contribution is 6.42. The van der Waals surface area contributed by atoms with E-state index in [4.69, 9.17) is 4.74 Å². The largest absolute Gasteiger partial charge is 0.393 e. The number of esters is 2. The molecule has 3 saturated carbocycles. The average molecular weight is 495 g/mol. The molecule has 1 N–H and O–H groups in total. The van der Waals surface area contributed by atoms with Crippen LogP contribution in [0.25, 0.3) is 0 Å². The summed E-state index contributed by atoms with van der Waals surface area (Å²) in [7, 11) is 0. The molecule has 7 nitrogen and oxygen atoms in total. The topological polar surface area (TPSA) is 102 Å². The van der Waals surface area contributed by atoms with Gasteiger partial charge < -0.3 is 4.74 Å². The van der Waals surface area contributed by atoms with Gasteiger partial charge >= 0.3 is 11.9 Å². The summed E-state index contributed by atoms with van der Waals surface area (Å²) in [6.45, 7) is 10.4. The van der Waals surface area contributed by atoms with Crippen LogP contribution < -0.4 is 5.43 Å². The highest BCUT2D eigenvalue weighted by Gasteiger charge is 2.73. The lowest BCUT2D eigenvalue weighted by Gasteiger charge is -2.68. The molecule has 7 rings (SSSR count). The standard InChI is InChI=1S/C29H38N2O5/c1-14(2)17-13-29-10-7-20-27(4,21(29)11-16(17)22-23(29)26(35)36-25(22)34)8-6-9-28(20,5)24(33)19-12-18(15(3)32)30-31-19/h13-14,16,18,20-23,30H,6-12H2,1-5H3. The van der Waals surface area contributed by atoms with E-state index >= 15 is 0 Å². The van der Waals surface area contributed by atoms with Crippen LogP contribution in [0.4, 0.5) is 0 Å². The first kappa shape index (κ1) is 24.1. The molecule has 1 spiro atoms. The van der Waals surface area contributed by atoms with Crippen molar-refractivity contribution in [3.8, 4) is 0 Å². The quantitative estimate of drug-likeness (QED) is 0.360. The van der Waals surface area contributed by atoms with Crippen LogP contribution in [0.15, 0.2) is 16.8 Å². The van der Waals surface area contributed by atoms with E-state index in [1.165, 1.54) is 12.5 Å². The number of ether oxygens (including phenoxy) is 1. The first-order valence-corrected chi connectivity index (χ1v) is 13.8. The number of nitrogens with zero attached hydrogens (tertiary/aromatic N) is 1. The van der Waals surface area contributed by atoms with Crippen molar-refractivity contribution in [1.29, 1.82) is 0 Å². The highest BCUT2D eigenvalue weighted by atomic mass is 16.6. The smallest absolute Gasteiger partial charge is 0.318 e. The second-order valence-electron chi connectivity index (χ2n) is 13.3. The Morgan fingerprint density at radius 1 is 1.11 bits per heavy atom. The van der Waals surface area contributed by atoms with Crippen molar-refractivity contribution in [2.45, 2.75) is 85.6 Å². The van der Waals surface area contributed by atoms with Gasteiger partial charge in [-0.1, -0.05) is 45.8 Å². The van der Waals surface area contributed by atoms with Crippen molar-refractivity contribution < 1.29 is 23.9 Å². The maximum atomic E-state index is 14.0. The van der Waals surface area contributed by atoms with Crippen LogP contribution in [-0.4, -0.2) is 35.3 Å². The minimum Gasteiger partial charge on any atom is -0.393 e. The van der Waals surface area contributed by atoms with Gasteiger partial charge in [-0.05, 0) is 68.1 Å². The summed E-state index contributed by atoms with van der Waals surface area (Å²) in [5.74, 6) is -0.564. The maximum Gasteiger partial charge on any atom is 0.318 e. The van der Waals surface area contributed by atoms with Gasteiger partial charge in [0.1, 0.15) is 11.8 Å². The van der Waals surface area contributed by atoms with E-state index < -0.39 is 17.4 Å². The van der Waals surface area contributed by atoms with Gasteiger partial charge in [0.05, 0.1) is 11.8 Å². The molecule has 1 saturated heterocycles. The Hall–Kier alpha value is -2.31. The van der Waals surface area contributed by atoms with Crippen LogP contribution in [-0.2, 0) is 23.9 Å². The number of rotatable bonds is 4. The SMILES string of the molecule is CC(=O)C1CC(C(=O)C2(C)CCCC3(C)C2CCC24C=C(C(C)C)C(CC32)C2C(=O)OC(=O)C24)=NN1. The number of hydrazone groups is 1. The van der Waals surface area contributed by atoms with Gasteiger partial charge in [0.25, 0.3) is 0 Å². The van der Waals surface area contributed by atoms with E-state index in [9.17, 15) is 19.2 Å². The fourth-order valence-corrected chi connectivity index (χ4v) is 9.92. The van der Waals surface area contributed by atoms with E-state index in [-0.39, 0.29) is 58.0 Å². The first-order valence-electron chi connectivity index (χ1n) is 13.8. The van der Waals surface area contributed by atoms with E-state index in [1.807, 2.05) is 0 Å². The molecule has 0 aromatic heterocycles. The Kier molecular flexibility index (Phi) is 5.08. The fraction of sp³-hybridized carbons (Fsp3) is 0.759. The summed E-state index contributed by atoms with van der Waals surface area (Å²) >= 11 is 0. The van der Waals surface area contributed by atoms with Crippen molar-refractivity contribution in [3.05, 3.63) is 11.6 Å².